The van der Waals surface area contributed by atoms with Crippen LogP contribution in [0, 0.1) is 6.92 Å². The Bertz CT molecular complexity index is 1240. The standard InChI is InChI=1S/C23H21Cl2N5O3/c1-12-4-3-5-18(27-12)13(2)28-21(32)19(11-31)30-10-15-7-6-14(8-16(15)22(30)33)20-17(24)9-26-23(25)29-20/h3-9,13,19,31H,10-11H2,1-2H3,(H,28,32). The Morgan fingerprint density at radius 3 is 2.76 bits per heavy atom. The monoisotopic (exact) mass is 485 g/mol. The van der Waals surface area contributed by atoms with E-state index in [1.807, 2.05) is 25.1 Å². The number of rotatable bonds is 6. The number of halogens is 2. The van der Waals surface area contributed by atoms with Gasteiger partial charge in [0.25, 0.3) is 5.91 Å². The molecular weight excluding hydrogens is 465 g/mol. The second-order valence-electron chi connectivity index (χ2n) is 7.77. The number of aliphatic hydroxyl groups is 1. The Kier molecular flexibility index (Phi) is 6.60. The number of fused-ring (bicyclic) bond motifs is 1. The molecule has 2 unspecified atom stereocenters. The lowest BCUT2D eigenvalue weighted by molar-refractivity contribution is -0.127. The topological polar surface area (TPSA) is 108 Å². The molecule has 170 valence electrons. The summed E-state index contributed by atoms with van der Waals surface area (Å²) in [6, 6.07) is 9.33. The summed E-state index contributed by atoms with van der Waals surface area (Å²) in [4.78, 5) is 39.9. The lowest BCUT2D eigenvalue weighted by Gasteiger charge is -2.26. The summed E-state index contributed by atoms with van der Waals surface area (Å²) in [5.41, 5.74) is 3.68. The van der Waals surface area contributed by atoms with Crippen molar-refractivity contribution in [2.75, 3.05) is 6.61 Å². The number of aliphatic hydroxyl groups excluding tert-OH is 1. The van der Waals surface area contributed by atoms with Crippen molar-refractivity contribution in [3.63, 3.8) is 0 Å². The van der Waals surface area contributed by atoms with E-state index in [0.29, 0.717) is 27.5 Å². The van der Waals surface area contributed by atoms with Crippen molar-refractivity contribution in [1.82, 2.24) is 25.2 Å². The molecule has 2 amide bonds. The van der Waals surface area contributed by atoms with Gasteiger partial charge in [-0.1, -0.05) is 29.8 Å². The molecule has 0 saturated heterocycles. The quantitative estimate of drug-likeness (QED) is 0.518. The van der Waals surface area contributed by atoms with Gasteiger partial charge in [-0.2, -0.15) is 0 Å². The number of pyridine rings is 1. The van der Waals surface area contributed by atoms with Crippen LogP contribution in [0.5, 0.6) is 0 Å². The molecule has 0 aliphatic carbocycles. The number of hydrogen-bond donors (Lipinski definition) is 2. The summed E-state index contributed by atoms with van der Waals surface area (Å²) in [5, 5.41) is 13.1. The van der Waals surface area contributed by atoms with E-state index in [1.54, 1.807) is 25.1 Å². The third-order valence-electron chi connectivity index (χ3n) is 5.49. The Balaban J connectivity index is 1.55. The van der Waals surface area contributed by atoms with Crippen molar-refractivity contribution in [1.29, 1.82) is 0 Å². The van der Waals surface area contributed by atoms with E-state index in [4.69, 9.17) is 23.2 Å². The zero-order chi connectivity index (χ0) is 23.7. The van der Waals surface area contributed by atoms with Crippen molar-refractivity contribution in [3.05, 3.63) is 75.4 Å². The molecule has 4 rings (SSSR count). The highest BCUT2D eigenvalue weighted by molar-refractivity contribution is 6.33. The highest BCUT2D eigenvalue weighted by Gasteiger charge is 2.37. The SMILES string of the molecule is Cc1cccc(C(C)NC(=O)C(CO)N2Cc3ccc(-c4nc(Cl)ncc4Cl)cc3C2=O)n1. The van der Waals surface area contributed by atoms with E-state index in [-0.39, 0.29) is 23.8 Å². The summed E-state index contributed by atoms with van der Waals surface area (Å²) < 4.78 is 0. The first-order valence-corrected chi connectivity index (χ1v) is 11.0. The number of benzene rings is 1. The molecule has 3 heterocycles. The first-order valence-electron chi connectivity index (χ1n) is 10.3. The van der Waals surface area contributed by atoms with Gasteiger partial charge in [-0.3, -0.25) is 14.6 Å². The molecule has 0 bridgehead atoms. The maximum Gasteiger partial charge on any atom is 0.255 e. The third kappa shape index (κ3) is 4.68. The van der Waals surface area contributed by atoms with Gasteiger partial charge in [-0.15, -0.1) is 0 Å². The van der Waals surface area contributed by atoms with E-state index in [0.717, 1.165) is 11.3 Å². The number of amides is 2. The van der Waals surface area contributed by atoms with Crippen LogP contribution >= 0.6 is 23.2 Å². The van der Waals surface area contributed by atoms with Gasteiger partial charge in [0.15, 0.2) is 0 Å². The van der Waals surface area contributed by atoms with E-state index < -0.39 is 18.6 Å². The van der Waals surface area contributed by atoms with Gasteiger partial charge in [0.05, 0.1) is 35.3 Å². The van der Waals surface area contributed by atoms with Gasteiger partial charge in [-0.05, 0) is 49.2 Å². The highest BCUT2D eigenvalue weighted by atomic mass is 35.5. The average molecular weight is 486 g/mol. The second-order valence-corrected chi connectivity index (χ2v) is 8.52. The van der Waals surface area contributed by atoms with Gasteiger partial charge in [0.1, 0.15) is 6.04 Å². The molecule has 2 aromatic heterocycles. The average Bonchev–Trinajstić information content (AvgIpc) is 3.11. The molecule has 0 saturated carbocycles. The fourth-order valence-corrected chi connectivity index (χ4v) is 4.12. The predicted octanol–water partition coefficient (Wildman–Crippen LogP) is 3.35. The molecule has 2 atom stereocenters. The second kappa shape index (κ2) is 9.43. The van der Waals surface area contributed by atoms with Gasteiger partial charge in [-0.25, -0.2) is 9.97 Å². The summed E-state index contributed by atoms with van der Waals surface area (Å²) >= 11 is 12.1. The van der Waals surface area contributed by atoms with E-state index >= 15 is 0 Å². The number of hydrogen-bond acceptors (Lipinski definition) is 6. The predicted molar refractivity (Wildman–Crippen MR) is 124 cm³/mol. The summed E-state index contributed by atoms with van der Waals surface area (Å²) in [6.45, 7) is 3.35. The van der Waals surface area contributed by atoms with Crippen molar-refractivity contribution >= 4 is 35.0 Å². The molecule has 8 nitrogen and oxygen atoms in total. The Morgan fingerprint density at radius 2 is 2.03 bits per heavy atom. The van der Waals surface area contributed by atoms with Crippen LogP contribution in [0.4, 0.5) is 0 Å². The molecular formula is C23H21Cl2N5O3. The normalized spacial score (nSPS) is 14.7. The van der Waals surface area contributed by atoms with Crippen molar-refractivity contribution < 1.29 is 14.7 Å². The Hall–Kier alpha value is -3.07. The van der Waals surface area contributed by atoms with Gasteiger partial charge in [0, 0.05) is 23.4 Å². The number of aromatic nitrogens is 3. The number of carbonyl (C=O) groups excluding carboxylic acids is 2. The molecule has 2 N–H and O–H groups in total. The lowest BCUT2D eigenvalue weighted by atomic mass is 10.0. The molecule has 1 aliphatic rings. The van der Waals surface area contributed by atoms with E-state index in [9.17, 15) is 14.7 Å². The largest absolute Gasteiger partial charge is 0.394 e. The van der Waals surface area contributed by atoms with Crippen molar-refractivity contribution in [3.8, 4) is 11.3 Å². The van der Waals surface area contributed by atoms with Crippen molar-refractivity contribution in [2.45, 2.75) is 32.5 Å². The maximum atomic E-state index is 13.2. The zero-order valence-electron chi connectivity index (χ0n) is 17.9. The van der Waals surface area contributed by atoms with Crippen LogP contribution in [0.2, 0.25) is 10.3 Å². The van der Waals surface area contributed by atoms with Crippen LogP contribution in [0.1, 0.15) is 40.3 Å². The molecule has 0 radical (unpaired) electrons. The minimum atomic E-state index is -1.04. The molecule has 0 spiro atoms. The smallest absolute Gasteiger partial charge is 0.255 e. The molecule has 0 fully saturated rings. The molecule has 1 aliphatic heterocycles. The first-order chi connectivity index (χ1) is 15.8. The fraction of sp³-hybridized carbons (Fsp3) is 0.261. The van der Waals surface area contributed by atoms with Crippen molar-refractivity contribution in [2.24, 2.45) is 0 Å². The fourth-order valence-electron chi connectivity index (χ4n) is 3.78. The van der Waals surface area contributed by atoms with Crippen LogP contribution in [-0.2, 0) is 11.3 Å². The van der Waals surface area contributed by atoms with Crippen LogP contribution < -0.4 is 5.32 Å². The van der Waals surface area contributed by atoms with Gasteiger partial charge < -0.3 is 15.3 Å². The van der Waals surface area contributed by atoms with Crippen LogP contribution in [0.3, 0.4) is 0 Å². The van der Waals surface area contributed by atoms with E-state index in [1.165, 1.54) is 11.1 Å². The summed E-state index contributed by atoms with van der Waals surface area (Å²) in [7, 11) is 0. The minimum absolute atomic E-state index is 0.0390. The Labute approximate surface area is 200 Å². The summed E-state index contributed by atoms with van der Waals surface area (Å²) in [5.74, 6) is -0.820. The lowest BCUT2D eigenvalue weighted by Crippen LogP contribution is -2.49. The van der Waals surface area contributed by atoms with Gasteiger partial charge in [0.2, 0.25) is 11.2 Å². The summed E-state index contributed by atoms with van der Waals surface area (Å²) in [6.07, 6.45) is 1.39. The molecule has 1 aromatic carbocycles. The zero-order valence-corrected chi connectivity index (χ0v) is 19.4. The number of nitrogens with one attached hydrogen (secondary N) is 1. The van der Waals surface area contributed by atoms with Crippen LogP contribution in [0.25, 0.3) is 11.3 Å². The number of aryl methyl sites for hydroxylation is 1. The molecule has 3 aromatic rings. The number of carbonyl (C=O) groups is 2. The first kappa shape index (κ1) is 23.1. The van der Waals surface area contributed by atoms with Crippen LogP contribution in [-0.4, -0.2) is 49.4 Å². The minimum Gasteiger partial charge on any atom is -0.394 e. The highest BCUT2D eigenvalue weighted by Crippen LogP contribution is 2.32. The third-order valence-corrected chi connectivity index (χ3v) is 5.95. The maximum absolute atomic E-state index is 13.2. The molecule has 10 heteroatoms. The Morgan fingerprint density at radius 1 is 1.24 bits per heavy atom. The number of nitrogens with zero attached hydrogens (tertiary/aromatic N) is 4. The van der Waals surface area contributed by atoms with Gasteiger partial charge >= 0.3 is 0 Å². The molecule has 33 heavy (non-hydrogen) atoms. The van der Waals surface area contributed by atoms with Crippen LogP contribution in [0.15, 0.2) is 42.6 Å². The van der Waals surface area contributed by atoms with E-state index in [2.05, 4.69) is 20.3 Å².